The molecular formula is C26H28Cl2N2O6S. The van der Waals surface area contributed by atoms with E-state index in [1.54, 1.807) is 36.4 Å². The summed E-state index contributed by atoms with van der Waals surface area (Å²) in [6.07, 6.45) is -0.0681. The summed E-state index contributed by atoms with van der Waals surface area (Å²) in [4.78, 5) is 23.3. The van der Waals surface area contributed by atoms with E-state index in [0.29, 0.717) is 24.5 Å². The average Bonchev–Trinajstić information content (AvgIpc) is 2.86. The van der Waals surface area contributed by atoms with Crippen molar-refractivity contribution in [2.24, 2.45) is 0 Å². The summed E-state index contributed by atoms with van der Waals surface area (Å²) in [5.74, 6) is -1.87. The molecule has 3 rings (SSSR count). The molecule has 0 aliphatic heterocycles. The number of aliphatic carboxylic acids is 1. The molecule has 8 nitrogen and oxygen atoms in total. The largest absolute Gasteiger partial charge is 0.480 e. The van der Waals surface area contributed by atoms with Crippen LogP contribution >= 0.6 is 24.0 Å². The molecule has 0 unspecified atom stereocenters. The van der Waals surface area contributed by atoms with Gasteiger partial charge in [0, 0.05) is 17.1 Å². The normalized spacial score (nSPS) is 12.7. The average molecular weight is 567 g/mol. The van der Waals surface area contributed by atoms with E-state index in [1.807, 2.05) is 0 Å². The van der Waals surface area contributed by atoms with Gasteiger partial charge in [-0.15, -0.1) is 12.4 Å². The van der Waals surface area contributed by atoms with Crippen LogP contribution in [-0.4, -0.2) is 49.6 Å². The number of amides is 1. The Morgan fingerprint density at radius 3 is 2.30 bits per heavy atom. The molecule has 4 N–H and O–H groups in total. The molecule has 1 amide bonds. The SMILES string of the molecule is C[C@H](NC(=O)c1cccc(S(=O)(=O)c2ccc(CCNC[C@H](O)c3cccc(Cl)c3)cc2)c1)C(=O)O.Cl. The van der Waals surface area contributed by atoms with Crippen molar-refractivity contribution >= 4 is 45.7 Å². The molecule has 3 aromatic carbocycles. The van der Waals surface area contributed by atoms with Crippen LogP contribution in [0.25, 0.3) is 0 Å². The van der Waals surface area contributed by atoms with Gasteiger partial charge in [0.2, 0.25) is 9.84 Å². The van der Waals surface area contributed by atoms with Crippen molar-refractivity contribution in [2.45, 2.75) is 35.3 Å². The van der Waals surface area contributed by atoms with Gasteiger partial charge in [0.05, 0.1) is 15.9 Å². The smallest absolute Gasteiger partial charge is 0.325 e. The van der Waals surface area contributed by atoms with Gasteiger partial charge in [0.1, 0.15) is 6.04 Å². The molecule has 0 radical (unpaired) electrons. The lowest BCUT2D eigenvalue weighted by Gasteiger charge is -2.13. The van der Waals surface area contributed by atoms with Crippen LogP contribution < -0.4 is 10.6 Å². The number of halogens is 2. The van der Waals surface area contributed by atoms with E-state index in [0.717, 1.165) is 11.1 Å². The van der Waals surface area contributed by atoms with Gasteiger partial charge in [0.25, 0.3) is 5.91 Å². The lowest BCUT2D eigenvalue weighted by molar-refractivity contribution is -0.138. The van der Waals surface area contributed by atoms with Crippen molar-refractivity contribution in [3.05, 3.63) is 94.5 Å². The maximum atomic E-state index is 13.1. The first-order valence-corrected chi connectivity index (χ1v) is 13.1. The number of aliphatic hydroxyl groups excluding tert-OH is 1. The van der Waals surface area contributed by atoms with Gasteiger partial charge < -0.3 is 20.8 Å². The fourth-order valence-corrected chi connectivity index (χ4v) is 4.93. The third-order valence-electron chi connectivity index (χ3n) is 5.52. The molecule has 11 heteroatoms. The van der Waals surface area contributed by atoms with Gasteiger partial charge in [-0.25, -0.2) is 8.42 Å². The minimum Gasteiger partial charge on any atom is -0.480 e. The Bertz CT molecular complexity index is 1330. The molecule has 37 heavy (non-hydrogen) atoms. The number of hydrogen-bond acceptors (Lipinski definition) is 6. The Labute approximate surface area is 227 Å². The van der Waals surface area contributed by atoms with Gasteiger partial charge in [0.15, 0.2) is 0 Å². The standard InChI is InChI=1S/C26H27ClN2O6S.ClH/c1-17(26(32)33)29-25(31)20-5-3-7-23(15-20)36(34,35)22-10-8-18(9-11-22)12-13-28-16-24(30)19-4-2-6-21(27)14-19;/h2-11,14-15,17,24,28,30H,12-13,16H2,1H3,(H,29,31)(H,32,33);1H/t17-,24-;/m0./s1. The fraction of sp³-hybridized carbons (Fsp3) is 0.231. The Morgan fingerprint density at radius 2 is 1.65 bits per heavy atom. The highest BCUT2D eigenvalue weighted by Crippen LogP contribution is 2.22. The minimum atomic E-state index is -3.88. The van der Waals surface area contributed by atoms with Crippen LogP contribution in [0.3, 0.4) is 0 Å². The van der Waals surface area contributed by atoms with Crippen LogP contribution in [-0.2, 0) is 21.1 Å². The van der Waals surface area contributed by atoms with Crippen molar-refractivity contribution in [1.82, 2.24) is 10.6 Å². The number of rotatable bonds is 11. The topological polar surface area (TPSA) is 133 Å². The first-order chi connectivity index (χ1) is 17.1. The molecule has 0 fully saturated rings. The molecule has 2 atom stereocenters. The maximum absolute atomic E-state index is 13.1. The van der Waals surface area contributed by atoms with Crippen LogP contribution in [0.5, 0.6) is 0 Å². The zero-order chi connectivity index (χ0) is 26.3. The molecule has 0 saturated heterocycles. The number of carboxylic acid groups (broad SMARTS) is 1. The lowest BCUT2D eigenvalue weighted by atomic mass is 10.1. The molecule has 0 bridgehead atoms. The van der Waals surface area contributed by atoms with Gasteiger partial charge in [-0.3, -0.25) is 9.59 Å². The molecule has 198 valence electrons. The number of hydrogen-bond donors (Lipinski definition) is 4. The number of carboxylic acids is 1. The summed E-state index contributed by atoms with van der Waals surface area (Å²) < 4.78 is 26.1. The predicted molar refractivity (Wildman–Crippen MR) is 143 cm³/mol. The Hall–Kier alpha value is -2.95. The fourth-order valence-electron chi connectivity index (χ4n) is 3.42. The van der Waals surface area contributed by atoms with Crippen molar-refractivity contribution < 1.29 is 28.2 Å². The molecule has 3 aromatic rings. The Kier molecular flexibility index (Phi) is 11.1. The molecule has 0 saturated carbocycles. The van der Waals surface area contributed by atoms with Crippen LogP contribution in [0.1, 0.15) is 34.5 Å². The van der Waals surface area contributed by atoms with E-state index in [1.165, 1.54) is 43.3 Å². The first kappa shape index (κ1) is 30.3. The van der Waals surface area contributed by atoms with Gasteiger partial charge in [-0.2, -0.15) is 0 Å². The second-order valence-corrected chi connectivity index (χ2v) is 10.6. The zero-order valence-electron chi connectivity index (χ0n) is 19.9. The number of aliphatic hydroxyl groups is 1. The molecule has 0 aliphatic rings. The number of sulfone groups is 1. The number of carbonyl (C=O) groups excluding carboxylic acids is 1. The third-order valence-corrected chi connectivity index (χ3v) is 7.52. The first-order valence-electron chi connectivity index (χ1n) is 11.2. The quantitative estimate of drug-likeness (QED) is 0.260. The number of carbonyl (C=O) groups is 2. The summed E-state index contributed by atoms with van der Waals surface area (Å²) in [7, 11) is -3.88. The third kappa shape index (κ3) is 8.28. The van der Waals surface area contributed by atoms with Gasteiger partial charge in [-0.1, -0.05) is 41.9 Å². The van der Waals surface area contributed by atoms with Crippen molar-refractivity contribution in [3.63, 3.8) is 0 Å². The number of nitrogens with one attached hydrogen (secondary N) is 2. The van der Waals surface area contributed by atoms with Crippen LogP contribution in [0.15, 0.2) is 82.6 Å². The zero-order valence-corrected chi connectivity index (χ0v) is 22.3. The van der Waals surface area contributed by atoms with Crippen LogP contribution in [0.2, 0.25) is 5.02 Å². The molecule has 0 spiro atoms. The molecule has 0 heterocycles. The van der Waals surface area contributed by atoms with Gasteiger partial charge >= 0.3 is 5.97 Å². The van der Waals surface area contributed by atoms with Crippen molar-refractivity contribution in [3.8, 4) is 0 Å². The second-order valence-electron chi connectivity index (χ2n) is 8.23. The lowest BCUT2D eigenvalue weighted by Crippen LogP contribution is -2.38. The van der Waals surface area contributed by atoms with Crippen molar-refractivity contribution in [2.75, 3.05) is 13.1 Å². The van der Waals surface area contributed by atoms with E-state index in [4.69, 9.17) is 16.7 Å². The molecular weight excluding hydrogens is 539 g/mol. The molecule has 0 aromatic heterocycles. The summed E-state index contributed by atoms with van der Waals surface area (Å²) in [5, 5.41) is 25.2. The minimum absolute atomic E-state index is 0. The predicted octanol–water partition coefficient (Wildman–Crippen LogP) is 3.66. The van der Waals surface area contributed by atoms with Crippen LogP contribution in [0.4, 0.5) is 0 Å². The van der Waals surface area contributed by atoms with E-state index in [2.05, 4.69) is 10.6 Å². The van der Waals surface area contributed by atoms with E-state index >= 15 is 0 Å². The van der Waals surface area contributed by atoms with E-state index in [-0.39, 0.29) is 27.8 Å². The second kappa shape index (κ2) is 13.6. The van der Waals surface area contributed by atoms with Gasteiger partial charge in [-0.05, 0) is 73.5 Å². The van der Waals surface area contributed by atoms with Crippen molar-refractivity contribution in [1.29, 1.82) is 0 Å². The highest BCUT2D eigenvalue weighted by Gasteiger charge is 2.21. The van der Waals surface area contributed by atoms with E-state index in [9.17, 15) is 23.1 Å². The Balaban J connectivity index is 0.00000481. The summed E-state index contributed by atoms with van der Waals surface area (Å²) in [6.45, 7) is 2.25. The Morgan fingerprint density at radius 1 is 0.973 bits per heavy atom. The highest BCUT2D eigenvalue weighted by atomic mass is 35.5. The number of benzene rings is 3. The summed E-state index contributed by atoms with van der Waals surface area (Å²) in [6, 6.07) is 17.8. The van der Waals surface area contributed by atoms with Crippen LogP contribution in [0, 0.1) is 0 Å². The highest BCUT2D eigenvalue weighted by molar-refractivity contribution is 7.91. The van der Waals surface area contributed by atoms with E-state index < -0.39 is 33.9 Å². The summed E-state index contributed by atoms with van der Waals surface area (Å²) in [5.41, 5.74) is 1.68. The summed E-state index contributed by atoms with van der Waals surface area (Å²) >= 11 is 5.95. The monoisotopic (exact) mass is 566 g/mol. The maximum Gasteiger partial charge on any atom is 0.325 e. The molecule has 0 aliphatic carbocycles.